The van der Waals surface area contributed by atoms with Crippen LogP contribution in [0.1, 0.15) is 53.9 Å². The smallest absolute Gasteiger partial charge is 0.417 e. The Labute approximate surface area is 151 Å². The molecule has 1 amide bonds. The Bertz CT molecular complexity index is 794. The van der Waals surface area contributed by atoms with Gasteiger partial charge in [0.25, 0.3) is 0 Å². The van der Waals surface area contributed by atoms with Crippen LogP contribution in [0.2, 0.25) is 0 Å². The van der Waals surface area contributed by atoms with Gasteiger partial charge in [-0.25, -0.2) is 9.59 Å². The van der Waals surface area contributed by atoms with Gasteiger partial charge in [-0.05, 0) is 48.6 Å². The number of hydrogen-bond donors (Lipinski definition) is 3. The standard InChI is InChI=1S/C20H21NO5/c22-18-16(19(23)24)7-4-8-17(18)21-20(25)26-15-11-9-14(10-12-15)13-5-2-1-3-6-13/h4,7-13,22H,1-3,5-6H2,(H,21,25)(H,23,24). The molecule has 2 aromatic rings. The van der Waals surface area contributed by atoms with Gasteiger partial charge in [-0.2, -0.15) is 0 Å². The maximum atomic E-state index is 12.0. The number of ether oxygens (including phenoxy) is 1. The molecule has 0 radical (unpaired) electrons. The van der Waals surface area contributed by atoms with Gasteiger partial charge in [-0.3, -0.25) is 5.32 Å². The molecular weight excluding hydrogens is 334 g/mol. The molecule has 3 rings (SSSR count). The lowest BCUT2D eigenvalue weighted by atomic mass is 9.84. The molecule has 6 heteroatoms. The number of anilines is 1. The van der Waals surface area contributed by atoms with Crippen LogP contribution in [0.3, 0.4) is 0 Å². The molecule has 3 N–H and O–H groups in total. The molecule has 0 bridgehead atoms. The van der Waals surface area contributed by atoms with Crippen LogP contribution in [0.25, 0.3) is 0 Å². The lowest BCUT2D eigenvalue weighted by molar-refractivity contribution is 0.0693. The fourth-order valence-electron chi connectivity index (χ4n) is 3.30. The lowest BCUT2D eigenvalue weighted by Crippen LogP contribution is -2.17. The van der Waals surface area contributed by atoms with E-state index in [1.807, 2.05) is 12.1 Å². The van der Waals surface area contributed by atoms with E-state index in [-0.39, 0.29) is 11.3 Å². The first kappa shape index (κ1) is 17.8. The highest BCUT2D eigenvalue weighted by atomic mass is 16.6. The maximum Gasteiger partial charge on any atom is 0.417 e. The van der Waals surface area contributed by atoms with Crippen molar-refractivity contribution in [2.75, 3.05) is 5.32 Å². The van der Waals surface area contributed by atoms with E-state index in [0.717, 1.165) is 0 Å². The molecule has 26 heavy (non-hydrogen) atoms. The fraction of sp³-hybridized carbons (Fsp3) is 0.300. The summed E-state index contributed by atoms with van der Waals surface area (Å²) in [5.41, 5.74) is 0.942. The van der Waals surface area contributed by atoms with Crippen LogP contribution in [0.4, 0.5) is 10.5 Å². The summed E-state index contributed by atoms with van der Waals surface area (Å²) in [7, 11) is 0. The monoisotopic (exact) mass is 355 g/mol. The molecule has 0 aromatic heterocycles. The summed E-state index contributed by atoms with van der Waals surface area (Å²) in [5, 5.41) is 21.3. The number of carbonyl (C=O) groups is 2. The van der Waals surface area contributed by atoms with Gasteiger partial charge in [-0.15, -0.1) is 0 Å². The van der Waals surface area contributed by atoms with E-state index in [1.54, 1.807) is 12.1 Å². The molecule has 0 unspecified atom stereocenters. The highest BCUT2D eigenvalue weighted by Crippen LogP contribution is 2.33. The van der Waals surface area contributed by atoms with Crippen LogP contribution in [0, 0.1) is 0 Å². The highest BCUT2D eigenvalue weighted by Gasteiger charge is 2.17. The van der Waals surface area contributed by atoms with E-state index in [9.17, 15) is 14.7 Å². The predicted octanol–water partition coefficient (Wildman–Crippen LogP) is 4.75. The first-order valence-corrected chi connectivity index (χ1v) is 8.68. The van der Waals surface area contributed by atoms with E-state index in [1.165, 1.54) is 55.9 Å². The summed E-state index contributed by atoms with van der Waals surface area (Å²) in [4.78, 5) is 23.0. The number of phenols is 1. The Morgan fingerprint density at radius 3 is 2.35 bits per heavy atom. The third-order valence-electron chi connectivity index (χ3n) is 4.67. The lowest BCUT2D eigenvalue weighted by Gasteiger charge is -2.22. The van der Waals surface area contributed by atoms with Crippen molar-refractivity contribution in [3.63, 3.8) is 0 Å². The molecule has 1 aliphatic carbocycles. The summed E-state index contributed by atoms with van der Waals surface area (Å²) >= 11 is 0. The minimum atomic E-state index is -1.28. The van der Waals surface area contributed by atoms with Crippen LogP contribution < -0.4 is 10.1 Å². The third kappa shape index (κ3) is 4.14. The van der Waals surface area contributed by atoms with Crippen molar-refractivity contribution in [1.82, 2.24) is 0 Å². The van der Waals surface area contributed by atoms with Crippen molar-refractivity contribution in [1.29, 1.82) is 0 Å². The van der Waals surface area contributed by atoms with Crippen LogP contribution >= 0.6 is 0 Å². The molecule has 0 spiro atoms. The van der Waals surface area contributed by atoms with Crippen molar-refractivity contribution in [2.45, 2.75) is 38.0 Å². The molecule has 0 atom stereocenters. The Kier molecular flexibility index (Phi) is 5.41. The van der Waals surface area contributed by atoms with Gasteiger partial charge in [0.15, 0.2) is 5.75 Å². The number of para-hydroxylation sites is 1. The van der Waals surface area contributed by atoms with E-state index in [2.05, 4.69) is 5.32 Å². The Morgan fingerprint density at radius 1 is 1.00 bits per heavy atom. The Balaban J connectivity index is 1.63. The number of benzene rings is 2. The average Bonchev–Trinajstić information content (AvgIpc) is 2.64. The zero-order chi connectivity index (χ0) is 18.5. The van der Waals surface area contributed by atoms with Crippen molar-refractivity contribution >= 4 is 17.7 Å². The number of nitrogens with one attached hydrogen (secondary N) is 1. The molecule has 1 aliphatic rings. The molecule has 1 fully saturated rings. The zero-order valence-corrected chi connectivity index (χ0v) is 14.3. The summed E-state index contributed by atoms with van der Waals surface area (Å²) in [6, 6.07) is 11.5. The maximum absolute atomic E-state index is 12.0. The first-order chi connectivity index (χ1) is 12.5. The topological polar surface area (TPSA) is 95.9 Å². The molecule has 6 nitrogen and oxygen atoms in total. The number of carboxylic acids is 1. The molecule has 0 heterocycles. The van der Waals surface area contributed by atoms with Crippen molar-refractivity contribution in [3.05, 3.63) is 53.6 Å². The molecule has 0 saturated heterocycles. The van der Waals surface area contributed by atoms with E-state index in [4.69, 9.17) is 9.84 Å². The van der Waals surface area contributed by atoms with Gasteiger partial charge < -0.3 is 14.9 Å². The number of aromatic carboxylic acids is 1. The Morgan fingerprint density at radius 2 is 1.69 bits per heavy atom. The molecule has 0 aliphatic heterocycles. The number of aromatic hydroxyl groups is 1. The Hall–Kier alpha value is -3.02. The summed E-state index contributed by atoms with van der Waals surface area (Å²) in [5.74, 6) is -0.833. The largest absolute Gasteiger partial charge is 0.505 e. The highest BCUT2D eigenvalue weighted by molar-refractivity contribution is 5.96. The van der Waals surface area contributed by atoms with E-state index in [0.29, 0.717) is 11.7 Å². The predicted molar refractivity (Wildman–Crippen MR) is 97.0 cm³/mol. The van der Waals surface area contributed by atoms with Gasteiger partial charge in [0.2, 0.25) is 0 Å². The van der Waals surface area contributed by atoms with Gasteiger partial charge in [0, 0.05) is 0 Å². The van der Waals surface area contributed by atoms with Crippen LogP contribution in [-0.4, -0.2) is 22.3 Å². The second-order valence-corrected chi connectivity index (χ2v) is 6.43. The first-order valence-electron chi connectivity index (χ1n) is 8.68. The minimum Gasteiger partial charge on any atom is -0.505 e. The zero-order valence-electron chi connectivity index (χ0n) is 14.3. The third-order valence-corrected chi connectivity index (χ3v) is 4.67. The van der Waals surface area contributed by atoms with Crippen molar-refractivity contribution in [3.8, 4) is 11.5 Å². The number of rotatable bonds is 4. The van der Waals surface area contributed by atoms with Crippen LogP contribution in [-0.2, 0) is 0 Å². The van der Waals surface area contributed by atoms with Crippen LogP contribution in [0.15, 0.2) is 42.5 Å². The SMILES string of the molecule is O=C(Nc1cccc(C(=O)O)c1O)Oc1ccc(C2CCCCC2)cc1. The average molecular weight is 355 g/mol. The van der Waals surface area contributed by atoms with E-state index < -0.39 is 17.8 Å². The summed E-state index contributed by atoms with van der Waals surface area (Å²) < 4.78 is 5.21. The number of carboxylic acid groups (broad SMARTS) is 1. The second-order valence-electron chi connectivity index (χ2n) is 6.43. The van der Waals surface area contributed by atoms with Gasteiger partial charge >= 0.3 is 12.1 Å². The van der Waals surface area contributed by atoms with Gasteiger partial charge in [0.1, 0.15) is 11.3 Å². The van der Waals surface area contributed by atoms with Crippen molar-refractivity contribution in [2.24, 2.45) is 0 Å². The van der Waals surface area contributed by atoms with Gasteiger partial charge in [-0.1, -0.05) is 37.5 Å². The minimum absolute atomic E-state index is 0.0197. The summed E-state index contributed by atoms with van der Waals surface area (Å²) in [6.45, 7) is 0. The molecular formula is C20H21NO5. The number of hydrogen-bond acceptors (Lipinski definition) is 4. The quantitative estimate of drug-likeness (QED) is 0.688. The summed E-state index contributed by atoms with van der Waals surface area (Å²) in [6.07, 6.45) is 5.40. The second kappa shape index (κ2) is 7.91. The van der Waals surface area contributed by atoms with Crippen molar-refractivity contribution < 1.29 is 24.5 Å². The van der Waals surface area contributed by atoms with Gasteiger partial charge in [0.05, 0.1) is 5.69 Å². The molecule has 1 saturated carbocycles. The number of carbonyl (C=O) groups excluding carboxylic acids is 1. The molecule has 136 valence electrons. The van der Waals surface area contributed by atoms with Crippen LogP contribution in [0.5, 0.6) is 11.5 Å². The normalized spacial score (nSPS) is 14.6. The fourth-order valence-corrected chi connectivity index (χ4v) is 3.30. The number of amides is 1. The van der Waals surface area contributed by atoms with E-state index >= 15 is 0 Å². The molecule has 2 aromatic carbocycles.